The van der Waals surface area contributed by atoms with Crippen LogP contribution in [0, 0.1) is 0 Å². The molecule has 2 rings (SSSR count). The van der Waals surface area contributed by atoms with Crippen molar-refractivity contribution in [2.45, 2.75) is 18.6 Å². The Labute approximate surface area is 76.0 Å². The second-order valence-electron chi connectivity index (χ2n) is 3.10. The fourth-order valence-corrected chi connectivity index (χ4v) is 2.04. The highest BCUT2D eigenvalue weighted by Crippen LogP contribution is 2.40. The summed E-state index contributed by atoms with van der Waals surface area (Å²) in [7, 11) is 0. The van der Waals surface area contributed by atoms with Crippen LogP contribution in [0.3, 0.4) is 0 Å². The van der Waals surface area contributed by atoms with Gasteiger partial charge in [0, 0.05) is 11.1 Å². The summed E-state index contributed by atoms with van der Waals surface area (Å²) in [6.07, 6.45) is 0.146. The van der Waals surface area contributed by atoms with Crippen molar-refractivity contribution in [3.05, 3.63) is 34.3 Å². The van der Waals surface area contributed by atoms with E-state index in [2.05, 4.69) is 0 Å². The SMILES string of the molecule is NC1CC(O)c2cccc(Cl)c21. The molecule has 0 spiro atoms. The van der Waals surface area contributed by atoms with Crippen LogP contribution in [-0.2, 0) is 0 Å². The molecule has 0 amide bonds. The third kappa shape index (κ3) is 1.04. The molecule has 1 aliphatic rings. The summed E-state index contributed by atoms with van der Waals surface area (Å²) in [4.78, 5) is 0. The van der Waals surface area contributed by atoms with Gasteiger partial charge in [0.2, 0.25) is 0 Å². The van der Waals surface area contributed by atoms with Crippen molar-refractivity contribution in [1.82, 2.24) is 0 Å². The fourth-order valence-electron chi connectivity index (χ4n) is 1.72. The van der Waals surface area contributed by atoms with E-state index >= 15 is 0 Å². The average Bonchev–Trinajstić information content (AvgIpc) is 2.29. The molecule has 12 heavy (non-hydrogen) atoms. The minimum absolute atomic E-state index is 0.108. The van der Waals surface area contributed by atoms with E-state index in [0.717, 1.165) is 11.1 Å². The molecule has 0 bridgehead atoms. The maximum atomic E-state index is 9.54. The van der Waals surface area contributed by atoms with Crippen LogP contribution in [0.25, 0.3) is 0 Å². The van der Waals surface area contributed by atoms with Gasteiger partial charge in [0.05, 0.1) is 6.10 Å². The topological polar surface area (TPSA) is 46.2 Å². The lowest BCUT2D eigenvalue weighted by molar-refractivity contribution is 0.173. The lowest BCUT2D eigenvalue weighted by atomic mass is 10.1. The molecule has 0 radical (unpaired) electrons. The summed E-state index contributed by atoms with van der Waals surface area (Å²) in [6, 6.07) is 5.41. The zero-order valence-electron chi connectivity index (χ0n) is 6.50. The zero-order valence-corrected chi connectivity index (χ0v) is 7.25. The summed E-state index contributed by atoms with van der Waals surface area (Å²) in [6.45, 7) is 0. The predicted octanol–water partition coefficient (Wildman–Crippen LogP) is 1.78. The van der Waals surface area contributed by atoms with Crippen molar-refractivity contribution in [2.75, 3.05) is 0 Å². The van der Waals surface area contributed by atoms with E-state index in [1.54, 1.807) is 6.07 Å². The van der Waals surface area contributed by atoms with Gasteiger partial charge in [-0.05, 0) is 23.6 Å². The number of benzene rings is 1. The van der Waals surface area contributed by atoms with E-state index in [9.17, 15) is 5.11 Å². The largest absolute Gasteiger partial charge is 0.388 e. The Morgan fingerprint density at radius 1 is 1.50 bits per heavy atom. The summed E-state index contributed by atoms with van der Waals surface area (Å²) in [5.74, 6) is 0. The van der Waals surface area contributed by atoms with Gasteiger partial charge in [-0.1, -0.05) is 23.7 Å². The predicted molar refractivity (Wildman–Crippen MR) is 48.0 cm³/mol. The van der Waals surface area contributed by atoms with Gasteiger partial charge in [-0.15, -0.1) is 0 Å². The molecule has 0 fully saturated rings. The van der Waals surface area contributed by atoms with Gasteiger partial charge >= 0.3 is 0 Å². The van der Waals surface area contributed by atoms with Crippen LogP contribution in [0.5, 0.6) is 0 Å². The highest BCUT2D eigenvalue weighted by Gasteiger charge is 2.28. The molecule has 0 saturated heterocycles. The van der Waals surface area contributed by atoms with E-state index < -0.39 is 6.10 Å². The van der Waals surface area contributed by atoms with Crippen LogP contribution >= 0.6 is 11.6 Å². The zero-order chi connectivity index (χ0) is 8.72. The Kier molecular flexibility index (Phi) is 1.83. The number of aliphatic hydroxyl groups is 1. The first kappa shape index (κ1) is 8.05. The van der Waals surface area contributed by atoms with Gasteiger partial charge in [-0.25, -0.2) is 0 Å². The lowest BCUT2D eigenvalue weighted by Crippen LogP contribution is -2.05. The number of fused-ring (bicyclic) bond motifs is 1. The minimum atomic E-state index is -0.436. The molecule has 3 heteroatoms. The van der Waals surface area contributed by atoms with E-state index in [-0.39, 0.29) is 6.04 Å². The van der Waals surface area contributed by atoms with Crippen molar-refractivity contribution in [2.24, 2.45) is 5.73 Å². The first-order valence-corrected chi connectivity index (χ1v) is 4.30. The van der Waals surface area contributed by atoms with E-state index in [1.807, 2.05) is 12.1 Å². The average molecular weight is 184 g/mol. The third-order valence-corrected chi connectivity index (χ3v) is 2.62. The molecule has 2 atom stereocenters. The molecule has 1 aromatic carbocycles. The van der Waals surface area contributed by atoms with Crippen LogP contribution in [0.15, 0.2) is 18.2 Å². The molecule has 3 N–H and O–H groups in total. The van der Waals surface area contributed by atoms with Crippen molar-refractivity contribution in [1.29, 1.82) is 0 Å². The maximum absolute atomic E-state index is 9.54. The minimum Gasteiger partial charge on any atom is -0.388 e. The summed E-state index contributed by atoms with van der Waals surface area (Å²) in [5.41, 5.74) is 7.59. The molecule has 0 aliphatic heterocycles. The summed E-state index contributed by atoms with van der Waals surface area (Å²) >= 11 is 5.94. The number of rotatable bonds is 0. The highest BCUT2D eigenvalue weighted by molar-refractivity contribution is 6.31. The Morgan fingerprint density at radius 2 is 2.25 bits per heavy atom. The van der Waals surface area contributed by atoms with Gasteiger partial charge in [-0.3, -0.25) is 0 Å². The second kappa shape index (κ2) is 2.73. The van der Waals surface area contributed by atoms with Crippen molar-refractivity contribution in [3.63, 3.8) is 0 Å². The molecule has 1 aliphatic carbocycles. The first-order valence-electron chi connectivity index (χ1n) is 3.92. The van der Waals surface area contributed by atoms with Gasteiger partial charge in [-0.2, -0.15) is 0 Å². The van der Waals surface area contributed by atoms with Gasteiger partial charge in [0.1, 0.15) is 0 Å². The van der Waals surface area contributed by atoms with E-state index in [4.69, 9.17) is 17.3 Å². The Hall–Kier alpha value is -0.570. The fraction of sp³-hybridized carbons (Fsp3) is 0.333. The van der Waals surface area contributed by atoms with Crippen LogP contribution in [0.2, 0.25) is 5.02 Å². The second-order valence-corrected chi connectivity index (χ2v) is 3.51. The standard InChI is InChI=1S/C9H10ClNO/c10-6-3-1-2-5-8(12)4-7(11)9(5)6/h1-3,7-8,12H,4,11H2. The maximum Gasteiger partial charge on any atom is 0.0811 e. The molecular formula is C9H10ClNO. The third-order valence-electron chi connectivity index (χ3n) is 2.29. The monoisotopic (exact) mass is 183 g/mol. The number of nitrogens with two attached hydrogens (primary N) is 1. The molecule has 0 aromatic heterocycles. The van der Waals surface area contributed by atoms with Gasteiger partial charge in [0.15, 0.2) is 0 Å². The molecule has 64 valence electrons. The Morgan fingerprint density at radius 3 is 2.92 bits per heavy atom. The first-order chi connectivity index (χ1) is 5.70. The van der Waals surface area contributed by atoms with E-state index in [0.29, 0.717) is 11.4 Å². The molecule has 0 saturated carbocycles. The molecule has 1 aromatic rings. The molecule has 2 nitrogen and oxygen atoms in total. The van der Waals surface area contributed by atoms with Crippen molar-refractivity contribution in [3.8, 4) is 0 Å². The molecule has 0 heterocycles. The Bertz CT molecular complexity index is 313. The number of halogens is 1. The number of hydrogen-bond acceptors (Lipinski definition) is 2. The van der Waals surface area contributed by atoms with Crippen LogP contribution < -0.4 is 5.73 Å². The van der Waals surface area contributed by atoms with E-state index in [1.165, 1.54) is 0 Å². The summed E-state index contributed by atoms with van der Waals surface area (Å²) < 4.78 is 0. The summed E-state index contributed by atoms with van der Waals surface area (Å²) in [5, 5.41) is 10.2. The molecular weight excluding hydrogens is 174 g/mol. The van der Waals surface area contributed by atoms with Gasteiger partial charge in [0.25, 0.3) is 0 Å². The lowest BCUT2D eigenvalue weighted by Gasteiger charge is -2.05. The van der Waals surface area contributed by atoms with Gasteiger partial charge < -0.3 is 10.8 Å². The van der Waals surface area contributed by atoms with Crippen LogP contribution in [-0.4, -0.2) is 5.11 Å². The normalized spacial score (nSPS) is 27.2. The number of aliphatic hydroxyl groups excluding tert-OH is 1. The van der Waals surface area contributed by atoms with Crippen LogP contribution in [0.1, 0.15) is 29.7 Å². The van der Waals surface area contributed by atoms with Crippen molar-refractivity contribution >= 4 is 11.6 Å². The molecule has 2 unspecified atom stereocenters. The van der Waals surface area contributed by atoms with Crippen LogP contribution in [0.4, 0.5) is 0 Å². The smallest absolute Gasteiger partial charge is 0.0811 e. The highest BCUT2D eigenvalue weighted by atomic mass is 35.5. The quantitative estimate of drug-likeness (QED) is 0.644. The Balaban J connectivity index is 2.59. The number of hydrogen-bond donors (Lipinski definition) is 2. The van der Waals surface area contributed by atoms with Crippen molar-refractivity contribution < 1.29 is 5.11 Å².